The molecule has 1 aromatic heterocycles. The topological polar surface area (TPSA) is 24.9 Å². The van der Waals surface area contributed by atoms with Gasteiger partial charge in [0.15, 0.2) is 0 Å². The first kappa shape index (κ1) is 12.7. The molecule has 1 saturated heterocycles. The Bertz CT molecular complexity index is 521. The van der Waals surface area contributed by atoms with Crippen molar-refractivity contribution in [1.82, 2.24) is 10.3 Å². The molecule has 3 heteroatoms. The van der Waals surface area contributed by atoms with Crippen molar-refractivity contribution in [3.8, 4) is 0 Å². The summed E-state index contributed by atoms with van der Waals surface area (Å²) in [5, 5.41) is 4.74. The Labute approximate surface area is 118 Å². The van der Waals surface area contributed by atoms with Gasteiger partial charge in [0.25, 0.3) is 0 Å². The van der Waals surface area contributed by atoms with Crippen LogP contribution in [0.5, 0.6) is 0 Å². The molecular formula is C16H18N2S. The lowest BCUT2D eigenvalue weighted by molar-refractivity contribution is 0.406. The van der Waals surface area contributed by atoms with E-state index >= 15 is 0 Å². The summed E-state index contributed by atoms with van der Waals surface area (Å²) < 4.78 is 0. The molecule has 0 radical (unpaired) electrons. The maximum absolute atomic E-state index is 4.57. The standard InChI is InChI=1S/C16H18N2S/c1-2-7-13(8-3-1)19-16-14(9-6-12-18-16)15-10-4-5-11-17-15/h1-3,6-9,12,15,17H,4-5,10-11H2. The van der Waals surface area contributed by atoms with Crippen LogP contribution in [0.1, 0.15) is 30.9 Å². The van der Waals surface area contributed by atoms with Gasteiger partial charge in [-0.15, -0.1) is 0 Å². The molecule has 3 rings (SSSR count). The number of rotatable bonds is 3. The summed E-state index contributed by atoms with van der Waals surface area (Å²) in [6, 6.07) is 15.2. The van der Waals surface area contributed by atoms with Gasteiger partial charge in [-0.3, -0.25) is 0 Å². The normalized spacial score (nSPS) is 19.3. The maximum Gasteiger partial charge on any atom is 0.105 e. The van der Waals surface area contributed by atoms with E-state index < -0.39 is 0 Å². The minimum Gasteiger partial charge on any atom is -0.310 e. The molecule has 2 heterocycles. The molecule has 1 fully saturated rings. The van der Waals surface area contributed by atoms with Crippen LogP contribution in [-0.4, -0.2) is 11.5 Å². The van der Waals surface area contributed by atoms with Crippen LogP contribution in [0, 0.1) is 0 Å². The van der Waals surface area contributed by atoms with E-state index in [0.717, 1.165) is 11.6 Å². The fraction of sp³-hybridized carbons (Fsp3) is 0.312. The van der Waals surface area contributed by atoms with Crippen molar-refractivity contribution < 1.29 is 0 Å². The third-order valence-corrected chi connectivity index (χ3v) is 4.49. The summed E-state index contributed by atoms with van der Waals surface area (Å²) >= 11 is 1.76. The zero-order valence-electron chi connectivity index (χ0n) is 10.9. The summed E-state index contributed by atoms with van der Waals surface area (Å²) in [5.41, 5.74) is 1.34. The van der Waals surface area contributed by atoms with Crippen LogP contribution in [0.15, 0.2) is 58.6 Å². The van der Waals surface area contributed by atoms with Gasteiger partial charge in [-0.2, -0.15) is 0 Å². The Balaban J connectivity index is 1.84. The minimum atomic E-state index is 0.466. The number of aromatic nitrogens is 1. The molecule has 0 saturated carbocycles. The van der Waals surface area contributed by atoms with Crippen LogP contribution in [0.2, 0.25) is 0 Å². The third kappa shape index (κ3) is 3.17. The number of benzene rings is 1. The quantitative estimate of drug-likeness (QED) is 0.911. The highest BCUT2D eigenvalue weighted by molar-refractivity contribution is 7.99. The molecule has 1 atom stereocenters. The Morgan fingerprint density at radius 2 is 1.95 bits per heavy atom. The predicted octanol–water partition coefficient (Wildman–Crippen LogP) is 4.05. The molecule has 0 spiro atoms. The van der Waals surface area contributed by atoms with Crippen molar-refractivity contribution in [2.75, 3.05) is 6.54 Å². The van der Waals surface area contributed by atoms with Crippen molar-refractivity contribution >= 4 is 11.8 Å². The maximum atomic E-state index is 4.57. The van der Waals surface area contributed by atoms with Crippen molar-refractivity contribution in [3.63, 3.8) is 0 Å². The summed E-state index contributed by atoms with van der Waals surface area (Å²) in [4.78, 5) is 5.82. The van der Waals surface area contributed by atoms with Crippen molar-refractivity contribution in [1.29, 1.82) is 0 Å². The molecule has 0 amide bonds. The van der Waals surface area contributed by atoms with E-state index in [1.165, 1.54) is 29.7 Å². The van der Waals surface area contributed by atoms with Gasteiger partial charge in [0, 0.05) is 22.7 Å². The highest BCUT2D eigenvalue weighted by atomic mass is 32.2. The molecule has 19 heavy (non-hydrogen) atoms. The SMILES string of the molecule is c1ccc(Sc2ncccc2C2CCCCN2)cc1. The van der Waals surface area contributed by atoms with Gasteiger partial charge in [-0.1, -0.05) is 42.4 Å². The van der Waals surface area contributed by atoms with E-state index in [4.69, 9.17) is 0 Å². The summed E-state index contributed by atoms with van der Waals surface area (Å²) in [5.74, 6) is 0. The van der Waals surface area contributed by atoms with Gasteiger partial charge in [0.1, 0.15) is 5.03 Å². The summed E-state index contributed by atoms with van der Waals surface area (Å²) in [6.45, 7) is 1.12. The average molecular weight is 270 g/mol. The first-order valence-corrected chi connectivity index (χ1v) is 7.66. The first-order valence-electron chi connectivity index (χ1n) is 6.85. The molecule has 0 bridgehead atoms. The number of hydrogen-bond donors (Lipinski definition) is 1. The molecule has 2 nitrogen and oxygen atoms in total. The van der Waals surface area contributed by atoms with Gasteiger partial charge < -0.3 is 5.32 Å². The number of nitrogens with zero attached hydrogens (tertiary/aromatic N) is 1. The molecule has 0 aliphatic carbocycles. The van der Waals surface area contributed by atoms with E-state index in [9.17, 15) is 0 Å². The monoisotopic (exact) mass is 270 g/mol. The van der Waals surface area contributed by atoms with Crippen LogP contribution in [-0.2, 0) is 0 Å². The molecule has 98 valence electrons. The number of nitrogens with one attached hydrogen (secondary N) is 1. The van der Waals surface area contributed by atoms with Gasteiger partial charge in [-0.25, -0.2) is 4.98 Å². The van der Waals surface area contributed by atoms with E-state index in [0.29, 0.717) is 6.04 Å². The van der Waals surface area contributed by atoms with Gasteiger partial charge in [0.2, 0.25) is 0 Å². The van der Waals surface area contributed by atoms with Gasteiger partial charge >= 0.3 is 0 Å². The van der Waals surface area contributed by atoms with Crippen LogP contribution in [0.25, 0.3) is 0 Å². The van der Waals surface area contributed by atoms with Crippen LogP contribution in [0.3, 0.4) is 0 Å². The Morgan fingerprint density at radius 3 is 2.74 bits per heavy atom. The zero-order chi connectivity index (χ0) is 12.9. The minimum absolute atomic E-state index is 0.466. The Hall–Kier alpha value is -1.32. The molecule has 1 aromatic carbocycles. The molecular weight excluding hydrogens is 252 g/mol. The lowest BCUT2D eigenvalue weighted by Crippen LogP contribution is -2.27. The fourth-order valence-corrected chi connectivity index (χ4v) is 3.43. The van der Waals surface area contributed by atoms with Gasteiger partial charge in [-0.05, 0) is 37.6 Å². The third-order valence-electron chi connectivity index (χ3n) is 3.44. The van der Waals surface area contributed by atoms with Crippen molar-refractivity contribution in [3.05, 3.63) is 54.2 Å². The van der Waals surface area contributed by atoms with Crippen LogP contribution in [0.4, 0.5) is 0 Å². The molecule has 2 aromatic rings. The second-order valence-electron chi connectivity index (χ2n) is 4.82. The van der Waals surface area contributed by atoms with E-state index in [2.05, 4.69) is 40.6 Å². The number of pyridine rings is 1. The lowest BCUT2D eigenvalue weighted by atomic mass is 9.99. The van der Waals surface area contributed by atoms with E-state index in [1.807, 2.05) is 18.3 Å². The van der Waals surface area contributed by atoms with Crippen molar-refractivity contribution in [2.24, 2.45) is 0 Å². The summed E-state index contributed by atoms with van der Waals surface area (Å²) in [7, 11) is 0. The Morgan fingerprint density at radius 1 is 1.05 bits per heavy atom. The second-order valence-corrected chi connectivity index (χ2v) is 5.88. The lowest BCUT2D eigenvalue weighted by Gasteiger charge is -2.25. The molecule has 1 unspecified atom stereocenters. The largest absolute Gasteiger partial charge is 0.310 e. The molecule has 1 aliphatic rings. The second kappa shape index (κ2) is 6.22. The van der Waals surface area contributed by atoms with Crippen molar-refractivity contribution in [2.45, 2.75) is 35.2 Å². The number of piperidine rings is 1. The first-order chi connectivity index (χ1) is 9.43. The average Bonchev–Trinajstić information content (AvgIpc) is 2.50. The Kier molecular flexibility index (Phi) is 4.16. The summed E-state index contributed by atoms with van der Waals surface area (Å²) in [6.07, 6.45) is 5.70. The zero-order valence-corrected chi connectivity index (χ0v) is 11.7. The molecule has 1 aliphatic heterocycles. The smallest absolute Gasteiger partial charge is 0.105 e. The highest BCUT2D eigenvalue weighted by Crippen LogP contribution is 2.33. The molecule has 1 N–H and O–H groups in total. The fourth-order valence-electron chi connectivity index (χ4n) is 2.47. The van der Waals surface area contributed by atoms with Crippen LogP contribution >= 0.6 is 11.8 Å². The predicted molar refractivity (Wildman–Crippen MR) is 79.4 cm³/mol. The van der Waals surface area contributed by atoms with Crippen LogP contribution < -0.4 is 5.32 Å². The van der Waals surface area contributed by atoms with E-state index in [1.54, 1.807) is 11.8 Å². The van der Waals surface area contributed by atoms with Gasteiger partial charge in [0.05, 0.1) is 0 Å². The highest BCUT2D eigenvalue weighted by Gasteiger charge is 2.18. The number of hydrogen-bond acceptors (Lipinski definition) is 3. The van der Waals surface area contributed by atoms with E-state index in [-0.39, 0.29) is 0 Å².